The van der Waals surface area contributed by atoms with E-state index in [4.69, 9.17) is 0 Å². The Balaban J connectivity index is 1.39. The van der Waals surface area contributed by atoms with Gasteiger partial charge in [0.25, 0.3) is 11.8 Å². The summed E-state index contributed by atoms with van der Waals surface area (Å²) in [5.41, 5.74) is 9.72. The molecule has 0 unspecified atom stereocenters. The molecule has 3 aromatic heterocycles. The van der Waals surface area contributed by atoms with Crippen LogP contribution in [0.4, 0.5) is 4.39 Å². The van der Waals surface area contributed by atoms with Crippen molar-refractivity contribution in [3.05, 3.63) is 120 Å². The second-order valence-corrected chi connectivity index (χ2v) is 8.42. The van der Waals surface area contributed by atoms with Crippen LogP contribution in [0.5, 0.6) is 0 Å². The molecule has 0 spiro atoms. The topological polar surface area (TPSA) is 93.8 Å². The van der Waals surface area contributed by atoms with Gasteiger partial charge < -0.3 is 4.57 Å². The van der Waals surface area contributed by atoms with Gasteiger partial charge in [-0.15, -0.1) is 0 Å². The van der Waals surface area contributed by atoms with Crippen molar-refractivity contribution in [1.29, 1.82) is 0 Å². The van der Waals surface area contributed by atoms with Crippen molar-refractivity contribution in [3.8, 4) is 22.6 Å². The smallest absolute Gasteiger partial charge is 0.273 e. The average Bonchev–Trinajstić information content (AvgIpc) is 3.50. The molecule has 2 amide bonds. The fourth-order valence-corrected chi connectivity index (χ4v) is 4.20. The lowest BCUT2D eigenvalue weighted by molar-refractivity contribution is 0.0846. The molecule has 5 rings (SSSR count). The Kier molecular flexibility index (Phi) is 6.34. The van der Waals surface area contributed by atoms with E-state index in [1.54, 1.807) is 54.5 Å². The highest BCUT2D eigenvalue weighted by Crippen LogP contribution is 2.24. The van der Waals surface area contributed by atoms with Gasteiger partial charge in [0.1, 0.15) is 11.5 Å². The SMILES string of the molecule is Cc1cc(C(=O)NNC(=O)c2cn(-c3ccccc3)nc2-c2cccnc2)c(C)n1-c1ccc(F)cc1. The highest BCUT2D eigenvalue weighted by atomic mass is 19.1. The van der Waals surface area contributed by atoms with Crippen molar-refractivity contribution in [2.24, 2.45) is 0 Å². The van der Waals surface area contributed by atoms with Crippen molar-refractivity contribution < 1.29 is 14.0 Å². The number of hydrazine groups is 1. The van der Waals surface area contributed by atoms with Crippen LogP contribution in [0.1, 0.15) is 32.1 Å². The monoisotopic (exact) mass is 494 g/mol. The molecule has 0 radical (unpaired) electrons. The van der Waals surface area contributed by atoms with Gasteiger partial charge in [0.2, 0.25) is 0 Å². The van der Waals surface area contributed by atoms with Crippen LogP contribution in [0.3, 0.4) is 0 Å². The third-order valence-electron chi connectivity index (χ3n) is 5.96. The van der Waals surface area contributed by atoms with Crippen LogP contribution >= 0.6 is 0 Å². The van der Waals surface area contributed by atoms with Gasteiger partial charge in [-0.2, -0.15) is 5.10 Å². The summed E-state index contributed by atoms with van der Waals surface area (Å²) in [6.07, 6.45) is 4.87. The van der Waals surface area contributed by atoms with Crippen molar-refractivity contribution in [3.63, 3.8) is 0 Å². The second kappa shape index (κ2) is 9.90. The number of benzene rings is 2. The van der Waals surface area contributed by atoms with Crippen LogP contribution in [0.15, 0.2) is 91.4 Å². The predicted octanol–water partition coefficient (Wildman–Crippen LogP) is 4.56. The quantitative estimate of drug-likeness (QED) is 0.351. The lowest BCUT2D eigenvalue weighted by atomic mass is 10.1. The summed E-state index contributed by atoms with van der Waals surface area (Å²) in [7, 11) is 0. The van der Waals surface area contributed by atoms with Gasteiger partial charge in [-0.3, -0.25) is 25.4 Å². The predicted molar refractivity (Wildman–Crippen MR) is 137 cm³/mol. The molecule has 3 heterocycles. The minimum Gasteiger partial charge on any atom is -0.318 e. The molecular weight excluding hydrogens is 471 g/mol. The molecule has 2 N–H and O–H groups in total. The van der Waals surface area contributed by atoms with Crippen molar-refractivity contribution in [2.45, 2.75) is 13.8 Å². The Morgan fingerprint density at radius 2 is 1.54 bits per heavy atom. The molecule has 0 aliphatic heterocycles. The van der Waals surface area contributed by atoms with Gasteiger partial charge in [0, 0.05) is 41.2 Å². The number of hydrogen-bond acceptors (Lipinski definition) is 4. The molecule has 37 heavy (non-hydrogen) atoms. The van der Waals surface area contributed by atoms with Crippen molar-refractivity contribution >= 4 is 11.8 Å². The fourth-order valence-electron chi connectivity index (χ4n) is 4.20. The van der Waals surface area contributed by atoms with Crippen LogP contribution < -0.4 is 10.9 Å². The van der Waals surface area contributed by atoms with E-state index in [9.17, 15) is 14.0 Å². The van der Waals surface area contributed by atoms with E-state index < -0.39 is 11.8 Å². The highest BCUT2D eigenvalue weighted by Gasteiger charge is 2.21. The van der Waals surface area contributed by atoms with E-state index >= 15 is 0 Å². The summed E-state index contributed by atoms with van der Waals surface area (Å²) in [5.74, 6) is -1.34. The van der Waals surface area contributed by atoms with E-state index in [-0.39, 0.29) is 11.4 Å². The Morgan fingerprint density at radius 1 is 0.838 bits per heavy atom. The summed E-state index contributed by atoms with van der Waals surface area (Å²) in [4.78, 5) is 30.3. The maximum Gasteiger partial charge on any atom is 0.273 e. The minimum atomic E-state index is -0.526. The number of hydrogen-bond donors (Lipinski definition) is 2. The summed E-state index contributed by atoms with van der Waals surface area (Å²) in [6.45, 7) is 3.64. The third-order valence-corrected chi connectivity index (χ3v) is 5.96. The molecule has 0 bridgehead atoms. The Hall–Kier alpha value is -5.05. The van der Waals surface area contributed by atoms with E-state index in [0.29, 0.717) is 22.5 Å². The average molecular weight is 495 g/mol. The number of rotatable bonds is 5. The zero-order valence-electron chi connectivity index (χ0n) is 20.1. The molecule has 5 aromatic rings. The molecule has 0 aliphatic carbocycles. The van der Waals surface area contributed by atoms with E-state index in [1.165, 1.54) is 12.1 Å². The number of amides is 2. The Labute approximate surface area is 212 Å². The minimum absolute atomic E-state index is 0.272. The zero-order chi connectivity index (χ0) is 25.9. The first-order chi connectivity index (χ1) is 17.9. The molecule has 0 atom stereocenters. The molecule has 2 aromatic carbocycles. The van der Waals surface area contributed by atoms with Gasteiger partial charge in [0.05, 0.1) is 16.8 Å². The molecule has 184 valence electrons. The molecule has 0 saturated carbocycles. The van der Waals surface area contributed by atoms with E-state index in [0.717, 1.165) is 17.1 Å². The van der Waals surface area contributed by atoms with Gasteiger partial charge >= 0.3 is 0 Å². The standard InChI is InChI=1S/C28H23FN6O2/c1-18-15-24(19(2)35(18)23-12-10-21(29)11-13-23)27(36)31-32-28(37)25-17-34(22-8-4-3-5-9-22)33-26(25)20-7-6-14-30-16-20/h3-17H,1-2H3,(H,31,36)(H,32,37). The summed E-state index contributed by atoms with van der Waals surface area (Å²) >= 11 is 0. The van der Waals surface area contributed by atoms with Crippen LogP contribution in [-0.4, -0.2) is 31.1 Å². The maximum atomic E-state index is 13.4. The first kappa shape index (κ1) is 23.7. The normalized spacial score (nSPS) is 10.8. The fraction of sp³-hybridized carbons (Fsp3) is 0.0714. The number of aryl methyl sites for hydroxylation is 1. The molecular formula is C28H23FN6O2. The lowest BCUT2D eigenvalue weighted by Crippen LogP contribution is -2.41. The van der Waals surface area contributed by atoms with Crippen LogP contribution in [0, 0.1) is 19.7 Å². The maximum absolute atomic E-state index is 13.4. The number of pyridine rings is 1. The van der Waals surface area contributed by atoms with Gasteiger partial charge in [-0.05, 0) is 68.4 Å². The Morgan fingerprint density at radius 3 is 2.22 bits per heavy atom. The first-order valence-electron chi connectivity index (χ1n) is 11.5. The number of nitrogens with zero attached hydrogens (tertiary/aromatic N) is 4. The molecule has 0 aliphatic rings. The largest absolute Gasteiger partial charge is 0.318 e. The van der Waals surface area contributed by atoms with Crippen LogP contribution in [0.2, 0.25) is 0 Å². The number of halogens is 1. The van der Waals surface area contributed by atoms with Crippen LogP contribution in [-0.2, 0) is 0 Å². The second-order valence-electron chi connectivity index (χ2n) is 8.42. The molecule has 9 heteroatoms. The number of carbonyl (C=O) groups is 2. The van der Waals surface area contributed by atoms with Gasteiger partial charge in [-0.1, -0.05) is 18.2 Å². The zero-order valence-corrected chi connectivity index (χ0v) is 20.1. The van der Waals surface area contributed by atoms with E-state index in [2.05, 4.69) is 20.9 Å². The van der Waals surface area contributed by atoms with Crippen molar-refractivity contribution in [2.75, 3.05) is 0 Å². The third kappa shape index (κ3) is 4.74. The molecule has 8 nitrogen and oxygen atoms in total. The lowest BCUT2D eigenvalue weighted by Gasteiger charge is -2.10. The number of aromatic nitrogens is 4. The van der Waals surface area contributed by atoms with Crippen molar-refractivity contribution in [1.82, 2.24) is 30.2 Å². The number of nitrogens with one attached hydrogen (secondary N) is 2. The first-order valence-corrected chi connectivity index (χ1v) is 11.5. The molecule has 0 fully saturated rings. The van der Waals surface area contributed by atoms with E-state index in [1.807, 2.05) is 47.9 Å². The highest BCUT2D eigenvalue weighted by molar-refractivity contribution is 6.02. The van der Waals surface area contributed by atoms with Gasteiger partial charge in [0.15, 0.2) is 0 Å². The molecule has 0 saturated heterocycles. The van der Waals surface area contributed by atoms with Gasteiger partial charge in [-0.25, -0.2) is 9.07 Å². The summed E-state index contributed by atoms with van der Waals surface area (Å²) in [5, 5.41) is 4.60. The summed E-state index contributed by atoms with van der Waals surface area (Å²) < 4.78 is 16.8. The number of para-hydroxylation sites is 1. The summed E-state index contributed by atoms with van der Waals surface area (Å²) in [6, 6.07) is 20.7. The Bertz CT molecular complexity index is 1570. The van der Waals surface area contributed by atoms with Crippen LogP contribution in [0.25, 0.3) is 22.6 Å². The number of carbonyl (C=O) groups excluding carboxylic acids is 2.